The quantitative estimate of drug-likeness (QED) is 0.220. The fourth-order valence-corrected chi connectivity index (χ4v) is 8.45. The van der Waals surface area contributed by atoms with Crippen LogP contribution >= 0.6 is 0 Å². The molecular weight excluding hydrogens is 670 g/mol. The van der Waals surface area contributed by atoms with Crippen LogP contribution in [0, 0.1) is 11.8 Å². The Morgan fingerprint density at radius 1 is 0.849 bits per heavy atom. The molecule has 2 fully saturated rings. The first-order chi connectivity index (χ1) is 25.9. The first-order valence-electron chi connectivity index (χ1n) is 18.2. The van der Waals surface area contributed by atoms with E-state index in [2.05, 4.69) is 5.32 Å². The van der Waals surface area contributed by atoms with E-state index in [0.717, 1.165) is 21.9 Å². The molecule has 270 valence electrons. The van der Waals surface area contributed by atoms with Gasteiger partial charge in [0.2, 0.25) is 11.8 Å². The first kappa shape index (κ1) is 34.5. The van der Waals surface area contributed by atoms with E-state index in [4.69, 9.17) is 9.47 Å². The van der Waals surface area contributed by atoms with Crippen LogP contribution in [0.15, 0.2) is 127 Å². The van der Waals surface area contributed by atoms with Crippen LogP contribution in [0.4, 0.5) is 5.69 Å². The number of amides is 3. The molecule has 7 atom stereocenters. The van der Waals surface area contributed by atoms with Crippen molar-refractivity contribution in [2.75, 3.05) is 24.7 Å². The Balaban J connectivity index is 1.25. The van der Waals surface area contributed by atoms with Gasteiger partial charge in [-0.05, 0) is 46.9 Å². The van der Waals surface area contributed by atoms with Gasteiger partial charge >= 0.3 is 5.97 Å². The Morgan fingerprint density at radius 3 is 2.36 bits per heavy atom. The van der Waals surface area contributed by atoms with Gasteiger partial charge in [-0.2, -0.15) is 0 Å². The van der Waals surface area contributed by atoms with Crippen LogP contribution in [0.2, 0.25) is 0 Å². The Kier molecular flexibility index (Phi) is 9.40. The number of carbonyl (C=O) groups excluding carboxylic acids is 4. The lowest BCUT2D eigenvalue weighted by molar-refractivity contribution is -0.146. The summed E-state index contributed by atoms with van der Waals surface area (Å²) in [6.45, 7) is -0.363. The zero-order valence-electron chi connectivity index (χ0n) is 29.1. The molecule has 4 heterocycles. The highest BCUT2D eigenvalue weighted by molar-refractivity contribution is 6.06. The topological polar surface area (TPSA) is 125 Å². The number of benzene rings is 4. The molecule has 4 aliphatic heterocycles. The van der Waals surface area contributed by atoms with Gasteiger partial charge in [0.15, 0.2) is 0 Å². The van der Waals surface area contributed by atoms with Crippen LogP contribution in [0.5, 0.6) is 0 Å². The Hall–Kier alpha value is -5.58. The second-order valence-corrected chi connectivity index (χ2v) is 14.1. The number of anilines is 1. The molecule has 10 nitrogen and oxygen atoms in total. The third kappa shape index (κ3) is 6.32. The summed E-state index contributed by atoms with van der Waals surface area (Å²) in [5.41, 5.74) is 0.775. The van der Waals surface area contributed by atoms with Gasteiger partial charge in [0.05, 0.1) is 36.6 Å². The number of nitrogens with zero attached hydrogens (tertiary/aromatic N) is 2. The van der Waals surface area contributed by atoms with Crippen molar-refractivity contribution in [1.82, 2.24) is 10.2 Å². The van der Waals surface area contributed by atoms with Gasteiger partial charge in [-0.1, -0.05) is 115 Å². The number of ether oxygens (including phenoxy) is 2. The summed E-state index contributed by atoms with van der Waals surface area (Å²) < 4.78 is 12.4. The number of nitrogens with one attached hydrogen (secondary N) is 1. The predicted octanol–water partition coefficient (Wildman–Crippen LogP) is 4.68. The predicted molar refractivity (Wildman–Crippen MR) is 198 cm³/mol. The fourth-order valence-electron chi connectivity index (χ4n) is 8.45. The van der Waals surface area contributed by atoms with E-state index in [1.807, 2.05) is 115 Å². The van der Waals surface area contributed by atoms with Gasteiger partial charge in [-0.15, -0.1) is 0 Å². The molecule has 0 aromatic heterocycles. The molecule has 2 N–H and O–H groups in total. The molecule has 0 radical (unpaired) electrons. The second-order valence-electron chi connectivity index (χ2n) is 14.1. The zero-order chi connectivity index (χ0) is 36.5. The first-order valence-corrected chi connectivity index (χ1v) is 18.2. The minimum atomic E-state index is -1.47. The van der Waals surface area contributed by atoms with Crippen molar-refractivity contribution >= 4 is 40.2 Å². The number of carbonyl (C=O) groups is 4. The highest BCUT2D eigenvalue weighted by Gasteiger charge is 2.74. The Labute approximate surface area is 307 Å². The molecule has 2 saturated heterocycles. The molecule has 4 aromatic carbocycles. The van der Waals surface area contributed by atoms with Crippen LogP contribution < -0.4 is 10.2 Å². The standard InChI is InChI=1S/C43H41N3O7/c47-26-33(24-28-12-4-1-5-13-28)46-39-42(51)45(32-20-19-29-14-9-10-17-31(29)25-32)23-11-3-8-18-36(48)52-27-34(30-15-6-2-7-16-30)44-40(49)37-35-21-22-43(39,53-35)38(37)41(46)50/h1-7,9-17,19-22,25,33-35,37-39,47H,8,18,23-24,26-27H2,(H,44,49)/b11-3-/t33-,34+,35+,37-,38-,39+,43-/m1/s1. The minimum Gasteiger partial charge on any atom is -0.463 e. The number of rotatable bonds is 6. The molecule has 53 heavy (non-hydrogen) atoms. The molecule has 4 aliphatic rings. The molecule has 8 rings (SSSR count). The number of hydrogen-bond acceptors (Lipinski definition) is 7. The van der Waals surface area contributed by atoms with Crippen LogP contribution in [0.1, 0.15) is 30.0 Å². The van der Waals surface area contributed by atoms with E-state index in [0.29, 0.717) is 12.1 Å². The van der Waals surface area contributed by atoms with Crippen molar-refractivity contribution in [2.24, 2.45) is 11.8 Å². The maximum Gasteiger partial charge on any atom is 0.306 e. The summed E-state index contributed by atoms with van der Waals surface area (Å²) in [6, 6.07) is 29.7. The smallest absolute Gasteiger partial charge is 0.306 e. The molecule has 10 heteroatoms. The zero-order valence-corrected chi connectivity index (χ0v) is 29.1. The van der Waals surface area contributed by atoms with E-state index in [9.17, 15) is 19.5 Å². The number of likely N-dealkylation sites (tertiary alicyclic amines) is 1. The molecular formula is C43H41N3O7. The summed E-state index contributed by atoms with van der Waals surface area (Å²) in [5.74, 6) is -3.71. The number of fused-ring (bicyclic) bond motifs is 3. The lowest BCUT2D eigenvalue weighted by Crippen LogP contribution is -2.59. The van der Waals surface area contributed by atoms with E-state index in [1.165, 1.54) is 4.90 Å². The van der Waals surface area contributed by atoms with Crippen LogP contribution in [-0.4, -0.2) is 77.2 Å². The summed E-state index contributed by atoms with van der Waals surface area (Å²) in [5, 5.41) is 15.9. The number of esters is 1. The lowest BCUT2D eigenvalue weighted by Gasteiger charge is -2.39. The second kappa shape index (κ2) is 14.4. The van der Waals surface area contributed by atoms with E-state index < -0.39 is 72.0 Å². The van der Waals surface area contributed by atoms with Crippen molar-refractivity contribution < 1.29 is 33.8 Å². The van der Waals surface area contributed by atoms with Crippen molar-refractivity contribution in [3.05, 3.63) is 139 Å². The van der Waals surface area contributed by atoms with Gasteiger partial charge < -0.3 is 29.7 Å². The molecule has 0 saturated carbocycles. The van der Waals surface area contributed by atoms with Crippen molar-refractivity contribution in [3.63, 3.8) is 0 Å². The Bertz CT molecular complexity index is 2090. The highest BCUT2D eigenvalue weighted by atomic mass is 16.5. The summed E-state index contributed by atoms with van der Waals surface area (Å²) in [6.07, 6.45) is 7.25. The van der Waals surface area contributed by atoms with E-state index >= 15 is 4.79 Å². The van der Waals surface area contributed by atoms with Gasteiger partial charge in [0.25, 0.3) is 5.91 Å². The van der Waals surface area contributed by atoms with Crippen LogP contribution in [0.25, 0.3) is 10.8 Å². The van der Waals surface area contributed by atoms with Crippen LogP contribution in [-0.2, 0) is 35.1 Å². The largest absolute Gasteiger partial charge is 0.463 e. The van der Waals surface area contributed by atoms with E-state index in [-0.39, 0.29) is 26.0 Å². The maximum atomic E-state index is 15.4. The third-order valence-electron chi connectivity index (χ3n) is 11.0. The lowest BCUT2D eigenvalue weighted by atomic mass is 9.74. The number of allylic oxidation sites excluding steroid dienone is 1. The SMILES string of the molecule is O=C1CC/C=C\CN(c2ccc3ccccc3c2)C(=O)[C@@H]2N([C@@H](CO)Cc3ccccc3)C(=O)[C@H]3[C@H](C(=O)N[C@H](c4ccccc4)CO1)[C@@H]1C=C[C@]23O1. The molecule has 1 spiro atoms. The molecule has 0 unspecified atom stereocenters. The highest BCUT2D eigenvalue weighted by Crippen LogP contribution is 2.56. The van der Waals surface area contributed by atoms with Gasteiger partial charge in [0, 0.05) is 18.7 Å². The maximum absolute atomic E-state index is 15.4. The molecule has 0 aliphatic carbocycles. The summed E-state index contributed by atoms with van der Waals surface area (Å²) in [4.78, 5) is 60.8. The summed E-state index contributed by atoms with van der Waals surface area (Å²) >= 11 is 0. The van der Waals surface area contributed by atoms with Gasteiger partial charge in [0.1, 0.15) is 18.2 Å². The molecule has 4 aromatic rings. The number of aliphatic hydroxyl groups is 1. The van der Waals surface area contributed by atoms with Crippen molar-refractivity contribution in [3.8, 4) is 0 Å². The number of hydrogen-bond donors (Lipinski definition) is 2. The van der Waals surface area contributed by atoms with Gasteiger partial charge in [-0.25, -0.2) is 0 Å². The van der Waals surface area contributed by atoms with Gasteiger partial charge in [-0.3, -0.25) is 19.2 Å². The average Bonchev–Trinajstić information content (AvgIpc) is 3.84. The van der Waals surface area contributed by atoms with Crippen LogP contribution in [0.3, 0.4) is 0 Å². The van der Waals surface area contributed by atoms with E-state index in [1.54, 1.807) is 17.1 Å². The normalized spacial score (nSPS) is 28.5. The monoisotopic (exact) mass is 711 g/mol. The minimum absolute atomic E-state index is 0.0945. The Morgan fingerprint density at radius 2 is 1.58 bits per heavy atom. The molecule has 3 amide bonds. The fraction of sp³-hybridized carbons (Fsp3) is 0.302. The molecule has 5 bridgehead atoms. The summed E-state index contributed by atoms with van der Waals surface area (Å²) in [7, 11) is 0. The van der Waals surface area contributed by atoms with Crippen molar-refractivity contribution in [2.45, 2.75) is 49.1 Å². The average molecular weight is 712 g/mol. The third-order valence-corrected chi connectivity index (χ3v) is 11.0. The number of cyclic esters (lactones) is 1. The number of aliphatic hydroxyl groups excluding tert-OH is 1. The van der Waals surface area contributed by atoms with Crippen molar-refractivity contribution in [1.29, 1.82) is 0 Å².